The van der Waals surface area contributed by atoms with Crippen molar-refractivity contribution >= 4 is 0 Å². The molecule has 0 amide bonds. The van der Waals surface area contributed by atoms with Gasteiger partial charge in [0.2, 0.25) is 5.89 Å². The van der Waals surface area contributed by atoms with Crippen LogP contribution in [-0.4, -0.2) is 16.2 Å². The third-order valence-electron chi connectivity index (χ3n) is 4.68. The highest BCUT2D eigenvalue weighted by atomic mass is 16.5. The van der Waals surface area contributed by atoms with Crippen molar-refractivity contribution in [3.05, 3.63) is 47.1 Å². The van der Waals surface area contributed by atoms with Crippen LogP contribution in [0.2, 0.25) is 0 Å². The minimum Gasteiger partial charge on any atom is -0.339 e. The summed E-state index contributed by atoms with van der Waals surface area (Å²) in [6.45, 7) is 4.24. The smallest absolute Gasteiger partial charge is 0.234 e. The minimum atomic E-state index is -0.171. The Labute approximate surface area is 125 Å². The molecule has 1 heterocycles. The molecule has 2 unspecified atom stereocenters. The first kappa shape index (κ1) is 14.3. The summed E-state index contributed by atoms with van der Waals surface area (Å²) in [6, 6.07) is 8.51. The first-order chi connectivity index (χ1) is 10.1. The number of hydrogen-bond donors (Lipinski definition) is 1. The van der Waals surface area contributed by atoms with E-state index in [4.69, 9.17) is 10.3 Å². The zero-order valence-electron chi connectivity index (χ0n) is 12.8. The van der Waals surface area contributed by atoms with Crippen molar-refractivity contribution in [1.29, 1.82) is 0 Å². The number of hydrogen-bond acceptors (Lipinski definition) is 4. The molecule has 0 saturated heterocycles. The maximum atomic E-state index is 6.30. The quantitative estimate of drug-likeness (QED) is 0.941. The lowest BCUT2D eigenvalue weighted by atomic mass is 9.72. The van der Waals surface area contributed by atoms with Crippen molar-refractivity contribution in [2.24, 2.45) is 5.73 Å². The third-order valence-corrected chi connectivity index (χ3v) is 4.68. The summed E-state index contributed by atoms with van der Waals surface area (Å²) in [4.78, 5) is 4.62. The lowest BCUT2D eigenvalue weighted by molar-refractivity contribution is 0.203. The second-order valence-electron chi connectivity index (χ2n) is 6.45. The van der Waals surface area contributed by atoms with Crippen molar-refractivity contribution in [3.63, 3.8) is 0 Å². The SMILES string of the molecule is Cc1cccc(Cc2noc(C3(C)CCCCC3N)n2)c1. The lowest BCUT2D eigenvalue weighted by Gasteiger charge is -2.35. The van der Waals surface area contributed by atoms with Gasteiger partial charge in [-0.3, -0.25) is 0 Å². The molecular formula is C17H23N3O. The molecule has 0 bridgehead atoms. The Kier molecular flexibility index (Phi) is 3.81. The van der Waals surface area contributed by atoms with Crippen LogP contribution in [0.3, 0.4) is 0 Å². The molecule has 21 heavy (non-hydrogen) atoms. The van der Waals surface area contributed by atoms with E-state index < -0.39 is 0 Å². The van der Waals surface area contributed by atoms with Gasteiger partial charge in [-0.15, -0.1) is 0 Å². The predicted octanol–water partition coefficient (Wildman–Crippen LogP) is 3.13. The van der Waals surface area contributed by atoms with Crippen LogP contribution >= 0.6 is 0 Å². The molecule has 2 N–H and O–H groups in total. The zero-order chi connectivity index (χ0) is 14.9. The summed E-state index contributed by atoms with van der Waals surface area (Å²) in [5.41, 5.74) is 8.59. The van der Waals surface area contributed by atoms with Gasteiger partial charge >= 0.3 is 0 Å². The number of nitrogens with two attached hydrogens (primary N) is 1. The van der Waals surface area contributed by atoms with E-state index in [-0.39, 0.29) is 11.5 Å². The van der Waals surface area contributed by atoms with Gasteiger partial charge in [-0.2, -0.15) is 4.98 Å². The van der Waals surface area contributed by atoms with Crippen LogP contribution in [0.5, 0.6) is 0 Å². The summed E-state index contributed by atoms with van der Waals surface area (Å²) < 4.78 is 5.54. The fraction of sp³-hybridized carbons (Fsp3) is 0.529. The van der Waals surface area contributed by atoms with Crippen LogP contribution in [0.15, 0.2) is 28.8 Å². The Balaban J connectivity index is 1.80. The van der Waals surface area contributed by atoms with Crippen LogP contribution in [0, 0.1) is 6.92 Å². The fourth-order valence-corrected chi connectivity index (χ4v) is 3.19. The molecule has 2 atom stereocenters. The second kappa shape index (κ2) is 5.60. The standard InChI is InChI=1S/C17H23N3O/c1-12-6-5-7-13(10-12)11-15-19-16(21-20-15)17(2)9-4-3-8-14(17)18/h5-7,10,14H,3-4,8-9,11,18H2,1-2H3. The summed E-state index contributed by atoms with van der Waals surface area (Å²) in [5.74, 6) is 1.45. The van der Waals surface area contributed by atoms with Crippen molar-refractivity contribution < 1.29 is 4.52 Å². The van der Waals surface area contributed by atoms with E-state index in [2.05, 4.69) is 48.3 Å². The monoisotopic (exact) mass is 285 g/mol. The molecule has 1 aromatic heterocycles. The van der Waals surface area contributed by atoms with Crippen LogP contribution in [0.4, 0.5) is 0 Å². The van der Waals surface area contributed by atoms with Gasteiger partial charge in [0, 0.05) is 12.5 Å². The van der Waals surface area contributed by atoms with Gasteiger partial charge in [-0.05, 0) is 32.3 Å². The predicted molar refractivity (Wildman–Crippen MR) is 82.1 cm³/mol. The maximum absolute atomic E-state index is 6.30. The highest BCUT2D eigenvalue weighted by molar-refractivity contribution is 5.25. The topological polar surface area (TPSA) is 64.9 Å². The Morgan fingerprint density at radius 1 is 1.38 bits per heavy atom. The summed E-state index contributed by atoms with van der Waals surface area (Å²) in [6.07, 6.45) is 5.14. The van der Waals surface area contributed by atoms with E-state index in [0.29, 0.717) is 12.3 Å². The molecular weight excluding hydrogens is 262 g/mol. The van der Waals surface area contributed by atoms with E-state index >= 15 is 0 Å². The number of benzene rings is 1. The molecule has 1 aromatic carbocycles. The number of rotatable bonds is 3. The highest BCUT2D eigenvalue weighted by Gasteiger charge is 2.40. The Morgan fingerprint density at radius 3 is 3.00 bits per heavy atom. The van der Waals surface area contributed by atoms with E-state index in [0.717, 1.165) is 18.7 Å². The van der Waals surface area contributed by atoms with E-state index in [1.807, 2.05) is 0 Å². The van der Waals surface area contributed by atoms with Gasteiger partial charge in [-0.1, -0.05) is 47.8 Å². The third kappa shape index (κ3) is 2.86. The average molecular weight is 285 g/mol. The van der Waals surface area contributed by atoms with Gasteiger partial charge in [0.1, 0.15) is 0 Å². The number of aryl methyl sites for hydroxylation is 1. The summed E-state index contributed by atoms with van der Waals surface area (Å²) >= 11 is 0. The van der Waals surface area contributed by atoms with E-state index in [1.54, 1.807) is 0 Å². The molecule has 112 valence electrons. The van der Waals surface area contributed by atoms with Crippen molar-refractivity contribution in [2.45, 2.75) is 57.4 Å². The molecule has 0 spiro atoms. The Morgan fingerprint density at radius 2 is 2.24 bits per heavy atom. The van der Waals surface area contributed by atoms with E-state index in [9.17, 15) is 0 Å². The van der Waals surface area contributed by atoms with Crippen LogP contribution in [-0.2, 0) is 11.8 Å². The lowest BCUT2D eigenvalue weighted by Crippen LogP contribution is -2.45. The van der Waals surface area contributed by atoms with E-state index in [1.165, 1.54) is 24.0 Å². The van der Waals surface area contributed by atoms with Gasteiger partial charge in [0.05, 0.1) is 5.41 Å². The van der Waals surface area contributed by atoms with Crippen LogP contribution in [0.1, 0.15) is 55.4 Å². The first-order valence-electron chi connectivity index (χ1n) is 7.72. The highest BCUT2D eigenvalue weighted by Crippen LogP contribution is 2.37. The second-order valence-corrected chi connectivity index (χ2v) is 6.45. The van der Waals surface area contributed by atoms with Crippen LogP contribution < -0.4 is 5.73 Å². The molecule has 4 heteroatoms. The van der Waals surface area contributed by atoms with Gasteiger partial charge < -0.3 is 10.3 Å². The van der Waals surface area contributed by atoms with Gasteiger partial charge in [-0.25, -0.2) is 0 Å². The number of nitrogens with zero attached hydrogens (tertiary/aromatic N) is 2. The van der Waals surface area contributed by atoms with Crippen molar-refractivity contribution in [2.75, 3.05) is 0 Å². The molecule has 2 aromatic rings. The largest absolute Gasteiger partial charge is 0.339 e. The summed E-state index contributed by atoms with van der Waals surface area (Å²) in [5, 5.41) is 4.15. The molecule has 0 radical (unpaired) electrons. The average Bonchev–Trinajstić information content (AvgIpc) is 2.91. The molecule has 4 nitrogen and oxygen atoms in total. The maximum Gasteiger partial charge on any atom is 0.234 e. The molecule has 1 fully saturated rings. The van der Waals surface area contributed by atoms with Gasteiger partial charge in [0.25, 0.3) is 0 Å². The normalized spacial score (nSPS) is 26.0. The zero-order valence-corrected chi connectivity index (χ0v) is 12.8. The number of aromatic nitrogens is 2. The van der Waals surface area contributed by atoms with Gasteiger partial charge in [0.15, 0.2) is 5.82 Å². The Bertz CT molecular complexity index is 622. The molecule has 3 rings (SSSR count). The first-order valence-corrected chi connectivity index (χ1v) is 7.72. The van der Waals surface area contributed by atoms with Crippen molar-refractivity contribution in [1.82, 2.24) is 10.1 Å². The Hall–Kier alpha value is -1.68. The molecule has 1 saturated carbocycles. The summed E-state index contributed by atoms with van der Waals surface area (Å²) in [7, 11) is 0. The molecule has 1 aliphatic carbocycles. The molecule has 1 aliphatic rings. The minimum absolute atomic E-state index is 0.110. The fourth-order valence-electron chi connectivity index (χ4n) is 3.19. The van der Waals surface area contributed by atoms with Crippen molar-refractivity contribution in [3.8, 4) is 0 Å². The molecule has 0 aliphatic heterocycles. The van der Waals surface area contributed by atoms with Crippen LogP contribution in [0.25, 0.3) is 0 Å².